The highest BCUT2D eigenvalue weighted by Crippen LogP contribution is 2.14. The van der Waals surface area contributed by atoms with Crippen molar-refractivity contribution in [2.45, 2.75) is 40.5 Å². The number of hydrogen-bond acceptors (Lipinski definition) is 0. The van der Waals surface area contributed by atoms with Crippen molar-refractivity contribution in [3.8, 4) is 0 Å². The van der Waals surface area contributed by atoms with Crippen LogP contribution >= 0.6 is 0 Å². The maximum atomic E-state index is 2.22. The number of rotatable bonds is 3. The van der Waals surface area contributed by atoms with Gasteiger partial charge in [-0.3, -0.25) is 0 Å². The Morgan fingerprint density at radius 2 is 1.73 bits per heavy atom. The first-order valence-electron chi connectivity index (χ1n) is 4.40. The Morgan fingerprint density at radius 1 is 1.09 bits per heavy atom. The lowest BCUT2D eigenvalue weighted by molar-refractivity contribution is 0.544. The quantitative estimate of drug-likeness (QED) is 0.537. The average Bonchev–Trinajstić information content (AvgIpc) is 1.85. The summed E-state index contributed by atoms with van der Waals surface area (Å²) in [6, 6.07) is 0. The molecular formula is C11H20. The van der Waals surface area contributed by atoms with Crippen LogP contribution in [0.25, 0.3) is 0 Å². The lowest BCUT2D eigenvalue weighted by Gasteiger charge is -2.09. The molecule has 0 N–H and O–H groups in total. The van der Waals surface area contributed by atoms with E-state index < -0.39 is 0 Å². The van der Waals surface area contributed by atoms with Crippen LogP contribution in [0, 0.1) is 5.41 Å². The summed E-state index contributed by atoms with van der Waals surface area (Å²) in [6.07, 6.45) is 11.1. The summed E-state index contributed by atoms with van der Waals surface area (Å²) in [5, 5.41) is 0. The second kappa shape index (κ2) is 5.17. The van der Waals surface area contributed by atoms with E-state index in [1.165, 1.54) is 12.8 Å². The molecule has 0 aromatic rings. The molecule has 0 radical (unpaired) electrons. The van der Waals surface area contributed by atoms with Crippen molar-refractivity contribution in [2.75, 3.05) is 0 Å². The number of unbranched alkanes of at least 4 members (excludes halogenated alkanes) is 1. The van der Waals surface area contributed by atoms with E-state index in [4.69, 9.17) is 0 Å². The van der Waals surface area contributed by atoms with E-state index in [2.05, 4.69) is 52.0 Å². The predicted molar refractivity (Wildman–Crippen MR) is 52.6 cm³/mol. The van der Waals surface area contributed by atoms with Gasteiger partial charge in [0, 0.05) is 0 Å². The van der Waals surface area contributed by atoms with Gasteiger partial charge in [0.25, 0.3) is 0 Å². The molecule has 0 aromatic carbocycles. The van der Waals surface area contributed by atoms with Crippen molar-refractivity contribution < 1.29 is 0 Å². The van der Waals surface area contributed by atoms with Crippen molar-refractivity contribution in [3.63, 3.8) is 0 Å². The lowest BCUT2D eigenvalue weighted by atomic mass is 9.96. The molecule has 0 spiro atoms. The summed E-state index contributed by atoms with van der Waals surface area (Å²) < 4.78 is 0. The molecule has 0 fully saturated rings. The van der Waals surface area contributed by atoms with E-state index in [9.17, 15) is 0 Å². The third-order valence-corrected chi connectivity index (χ3v) is 1.30. The van der Waals surface area contributed by atoms with E-state index in [0.717, 1.165) is 0 Å². The van der Waals surface area contributed by atoms with Crippen LogP contribution < -0.4 is 0 Å². The zero-order valence-corrected chi connectivity index (χ0v) is 8.22. The highest BCUT2D eigenvalue weighted by molar-refractivity contribution is 5.05. The fraction of sp³-hybridized carbons (Fsp3) is 0.636. The highest BCUT2D eigenvalue weighted by atomic mass is 14.1. The van der Waals surface area contributed by atoms with E-state index >= 15 is 0 Å². The molecule has 0 atom stereocenters. The predicted octanol–water partition coefficient (Wildman–Crippen LogP) is 3.95. The van der Waals surface area contributed by atoms with Crippen LogP contribution in [0.1, 0.15) is 40.5 Å². The van der Waals surface area contributed by atoms with Gasteiger partial charge in [-0.25, -0.2) is 0 Å². The molecule has 64 valence electrons. The molecule has 0 aliphatic rings. The molecule has 0 aliphatic heterocycles. The van der Waals surface area contributed by atoms with Crippen LogP contribution in [-0.4, -0.2) is 0 Å². The van der Waals surface area contributed by atoms with Crippen molar-refractivity contribution in [3.05, 3.63) is 24.3 Å². The summed E-state index contributed by atoms with van der Waals surface area (Å²) in [6.45, 7) is 8.81. The van der Waals surface area contributed by atoms with Gasteiger partial charge in [0.2, 0.25) is 0 Å². The van der Waals surface area contributed by atoms with Gasteiger partial charge < -0.3 is 0 Å². The molecule has 0 rings (SSSR count). The van der Waals surface area contributed by atoms with E-state index in [1.54, 1.807) is 0 Å². The van der Waals surface area contributed by atoms with Gasteiger partial charge in [-0.1, -0.05) is 58.4 Å². The Labute approximate surface area is 71.0 Å². The molecule has 0 saturated heterocycles. The summed E-state index contributed by atoms with van der Waals surface area (Å²) in [7, 11) is 0. The van der Waals surface area contributed by atoms with Gasteiger partial charge in [-0.15, -0.1) is 0 Å². The molecule has 0 bridgehead atoms. The second-order valence-electron chi connectivity index (χ2n) is 3.94. The maximum Gasteiger partial charge on any atom is -0.0200 e. The molecule has 0 heteroatoms. The van der Waals surface area contributed by atoms with Crippen LogP contribution in [0.15, 0.2) is 24.3 Å². The lowest BCUT2D eigenvalue weighted by Crippen LogP contribution is -1.97. The summed E-state index contributed by atoms with van der Waals surface area (Å²) >= 11 is 0. The molecule has 0 saturated carbocycles. The van der Waals surface area contributed by atoms with E-state index in [1.807, 2.05) is 0 Å². The summed E-state index contributed by atoms with van der Waals surface area (Å²) in [4.78, 5) is 0. The molecule has 0 aliphatic carbocycles. The SMILES string of the molecule is CCC/C=C/C=C/C(C)(C)C. The molecule has 0 nitrogen and oxygen atoms in total. The summed E-state index contributed by atoms with van der Waals surface area (Å²) in [5.74, 6) is 0. The van der Waals surface area contributed by atoms with Crippen LogP contribution in [0.3, 0.4) is 0 Å². The minimum atomic E-state index is 0.316. The molecule has 0 aromatic heterocycles. The zero-order valence-electron chi connectivity index (χ0n) is 8.22. The Morgan fingerprint density at radius 3 is 2.18 bits per heavy atom. The van der Waals surface area contributed by atoms with Crippen LogP contribution in [0.4, 0.5) is 0 Å². The first-order chi connectivity index (χ1) is 5.06. The van der Waals surface area contributed by atoms with E-state index in [-0.39, 0.29) is 0 Å². The van der Waals surface area contributed by atoms with Crippen LogP contribution in [0.2, 0.25) is 0 Å². The molecular weight excluding hydrogens is 132 g/mol. The normalized spacial score (nSPS) is 13.5. The standard InChI is InChI=1S/C11H20/c1-5-6-7-8-9-10-11(2,3)4/h7-10H,5-6H2,1-4H3/b8-7+,10-9+. The second-order valence-corrected chi connectivity index (χ2v) is 3.94. The summed E-state index contributed by atoms with van der Waals surface area (Å²) in [5.41, 5.74) is 0.316. The van der Waals surface area contributed by atoms with Crippen molar-refractivity contribution in [1.82, 2.24) is 0 Å². The Bertz CT molecular complexity index is 133. The van der Waals surface area contributed by atoms with Crippen LogP contribution in [-0.2, 0) is 0 Å². The molecule has 0 heterocycles. The van der Waals surface area contributed by atoms with Gasteiger partial charge in [-0.05, 0) is 11.8 Å². The first kappa shape index (κ1) is 10.5. The largest absolute Gasteiger partial charge is 0.0846 e. The molecule has 11 heavy (non-hydrogen) atoms. The monoisotopic (exact) mass is 152 g/mol. The fourth-order valence-corrected chi connectivity index (χ4v) is 0.686. The van der Waals surface area contributed by atoms with Gasteiger partial charge in [-0.2, -0.15) is 0 Å². The highest BCUT2D eigenvalue weighted by Gasteiger charge is 2.01. The maximum absolute atomic E-state index is 2.22. The first-order valence-corrected chi connectivity index (χ1v) is 4.40. The number of allylic oxidation sites excluding steroid dienone is 4. The van der Waals surface area contributed by atoms with Crippen molar-refractivity contribution >= 4 is 0 Å². The minimum Gasteiger partial charge on any atom is -0.0846 e. The molecule has 0 amide bonds. The zero-order chi connectivity index (χ0) is 8.74. The number of hydrogen-bond donors (Lipinski definition) is 0. The average molecular weight is 152 g/mol. The van der Waals surface area contributed by atoms with Gasteiger partial charge in [0.1, 0.15) is 0 Å². The molecule has 0 unspecified atom stereocenters. The van der Waals surface area contributed by atoms with Crippen molar-refractivity contribution in [2.24, 2.45) is 5.41 Å². The fourth-order valence-electron chi connectivity index (χ4n) is 0.686. The van der Waals surface area contributed by atoms with Crippen LogP contribution in [0.5, 0.6) is 0 Å². The van der Waals surface area contributed by atoms with Gasteiger partial charge >= 0.3 is 0 Å². The van der Waals surface area contributed by atoms with Gasteiger partial charge in [0.15, 0.2) is 0 Å². The Kier molecular flexibility index (Phi) is 4.93. The minimum absolute atomic E-state index is 0.316. The third-order valence-electron chi connectivity index (χ3n) is 1.30. The third kappa shape index (κ3) is 9.48. The van der Waals surface area contributed by atoms with Crippen molar-refractivity contribution in [1.29, 1.82) is 0 Å². The van der Waals surface area contributed by atoms with E-state index in [0.29, 0.717) is 5.41 Å². The smallest absolute Gasteiger partial charge is 0.0200 e. The Balaban J connectivity index is 3.60. The topological polar surface area (TPSA) is 0 Å². The Hall–Kier alpha value is -0.520. The van der Waals surface area contributed by atoms with Gasteiger partial charge in [0.05, 0.1) is 0 Å².